The first-order chi connectivity index (χ1) is 6.75. The largest absolute Gasteiger partial charge is 0.508 e. The van der Waals surface area contributed by atoms with Crippen molar-refractivity contribution in [3.63, 3.8) is 0 Å². The number of rotatable bonds is 2. The molecule has 0 aromatic heterocycles. The van der Waals surface area contributed by atoms with E-state index in [1.54, 1.807) is 6.07 Å². The van der Waals surface area contributed by atoms with Crippen molar-refractivity contribution in [2.45, 2.75) is 32.6 Å². The zero-order chi connectivity index (χ0) is 10.4. The molecule has 0 spiro atoms. The van der Waals surface area contributed by atoms with Gasteiger partial charge in [0.05, 0.1) is 0 Å². The van der Waals surface area contributed by atoms with Crippen LogP contribution in [-0.4, -0.2) is 5.11 Å². The fourth-order valence-corrected chi connectivity index (χ4v) is 1.36. The van der Waals surface area contributed by atoms with Gasteiger partial charge in [-0.15, -0.1) is 11.8 Å². The summed E-state index contributed by atoms with van der Waals surface area (Å²) in [6.45, 7) is 4.12. The van der Waals surface area contributed by atoms with E-state index in [0.29, 0.717) is 11.7 Å². The Morgan fingerprint density at radius 2 is 2.00 bits per heavy atom. The van der Waals surface area contributed by atoms with Crippen LogP contribution >= 0.6 is 0 Å². The van der Waals surface area contributed by atoms with Gasteiger partial charge in [0.2, 0.25) is 0 Å². The standard InChI is InChI=1S/C13H16O/c1-3-4-5-8-11(2)12-9-6-7-10-13(12)14/h6-7,9-11,14H,3,8H2,1-2H3. The maximum atomic E-state index is 9.59. The van der Waals surface area contributed by atoms with Gasteiger partial charge in [-0.1, -0.05) is 32.0 Å². The molecule has 0 radical (unpaired) electrons. The number of phenols is 1. The van der Waals surface area contributed by atoms with E-state index in [2.05, 4.69) is 18.8 Å². The zero-order valence-corrected chi connectivity index (χ0v) is 8.75. The van der Waals surface area contributed by atoms with Crippen LogP contribution in [0.15, 0.2) is 24.3 Å². The van der Waals surface area contributed by atoms with Gasteiger partial charge in [0.1, 0.15) is 5.75 Å². The molecule has 1 atom stereocenters. The lowest BCUT2D eigenvalue weighted by atomic mass is 9.97. The SMILES string of the molecule is CCC#CCC(C)c1ccccc1O. The van der Waals surface area contributed by atoms with Crippen LogP contribution in [0.25, 0.3) is 0 Å². The molecular formula is C13H16O. The molecule has 1 unspecified atom stereocenters. The molecule has 14 heavy (non-hydrogen) atoms. The molecule has 74 valence electrons. The molecule has 1 N–H and O–H groups in total. The Balaban J connectivity index is 2.69. The number of hydrogen-bond donors (Lipinski definition) is 1. The average Bonchev–Trinajstić information content (AvgIpc) is 2.18. The van der Waals surface area contributed by atoms with Crippen molar-refractivity contribution in [3.05, 3.63) is 29.8 Å². The maximum Gasteiger partial charge on any atom is 0.119 e. The highest BCUT2D eigenvalue weighted by molar-refractivity contribution is 5.35. The fourth-order valence-electron chi connectivity index (χ4n) is 1.36. The molecule has 0 amide bonds. The van der Waals surface area contributed by atoms with Gasteiger partial charge in [-0.2, -0.15) is 0 Å². The van der Waals surface area contributed by atoms with Crippen molar-refractivity contribution in [2.75, 3.05) is 0 Å². The topological polar surface area (TPSA) is 20.2 Å². The van der Waals surface area contributed by atoms with Crippen molar-refractivity contribution in [3.8, 4) is 17.6 Å². The zero-order valence-electron chi connectivity index (χ0n) is 8.75. The summed E-state index contributed by atoms with van der Waals surface area (Å²) in [5.41, 5.74) is 0.984. The first kappa shape index (κ1) is 10.7. The summed E-state index contributed by atoms with van der Waals surface area (Å²) in [6.07, 6.45) is 1.71. The summed E-state index contributed by atoms with van der Waals surface area (Å²) in [5.74, 6) is 6.81. The van der Waals surface area contributed by atoms with Gasteiger partial charge in [0.15, 0.2) is 0 Å². The van der Waals surface area contributed by atoms with Crippen molar-refractivity contribution >= 4 is 0 Å². The van der Waals surface area contributed by atoms with Crippen LogP contribution in [0.3, 0.4) is 0 Å². The smallest absolute Gasteiger partial charge is 0.119 e. The number of phenolic OH excluding ortho intramolecular Hbond substituents is 1. The highest BCUT2D eigenvalue weighted by Crippen LogP contribution is 2.26. The van der Waals surface area contributed by atoms with Crippen molar-refractivity contribution in [1.29, 1.82) is 0 Å². The Morgan fingerprint density at radius 3 is 2.64 bits per heavy atom. The molecule has 1 heteroatoms. The van der Waals surface area contributed by atoms with E-state index in [1.165, 1.54) is 0 Å². The van der Waals surface area contributed by atoms with Crippen LogP contribution in [0.1, 0.15) is 38.2 Å². The Labute approximate surface area is 85.8 Å². The first-order valence-corrected chi connectivity index (χ1v) is 4.99. The van der Waals surface area contributed by atoms with Crippen molar-refractivity contribution < 1.29 is 5.11 Å². The Kier molecular flexibility index (Phi) is 4.07. The van der Waals surface area contributed by atoms with Crippen molar-refractivity contribution in [1.82, 2.24) is 0 Å². The minimum atomic E-state index is 0.301. The van der Waals surface area contributed by atoms with E-state index < -0.39 is 0 Å². The van der Waals surface area contributed by atoms with Crippen LogP contribution in [-0.2, 0) is 0 Å². The predicted octanol–water partition coefficient (Wildman–Crippen LogP) is 3.30. The normalized spacial score (nSPS) is 11.6. The fraction of sp³-hybridized carbons (Fsp3) is 0.385. The van der Waals surface area contributed by atoms with Crippen LogP contribution in [0.5, 0.6) is 5.75 Å². The second kappa shape index (κ2) is 5.34. The van der Waals surface area contributed by atoms with Gasteiger partial charge in [0, 0.05) is 12.8 Å². The van der Waals surface area contributed by atoms with Crippen LogP contribution in [0.4, 0.5) is 0 Å². The lowest BCUT2D eigenvalue weighted by Crippen LogP contribution is -1.92. The highest BCUT2D eigenvalue weighted by atomic mass is 16.3. The summed E-state index contributed by atoms with van der Waals surface area (Å²) in [7, 11) is 0. The average molecular weight is 188 g/mol. The quantitative estimate of drug-likeness (QED) is 0.706. The molecule has 1 aromatic carbocycles. The molecule has 1 nitrogen and oxygen atoms in total. The molecule has 0 heterocycles. The summed E-state index contributed by atoms with van der Waals surface area (Å²) >= 11 is 0. The second-order valence-corrected chi connectivity index (χ2v) is 3.37. The molecule has 0 saturated heterocycles. The summed E-state index contributed by atoms with van der Waals surface area (Å²) in [5, 5.41) is 9.59. The number of benzene rings is 1. The van der Waals surface area contributed by atoms with Gasteiger partial charge in [-0.3, -0.25) is 0 Å². The third kappa shape index (κ3) is 2.81. The van der Waals surface area contributed by atoms with Gasteiger partial charge in [-0.25, -0.2) is 0 Å². The highest BCUT2D eigenvalue weighted by Gasteiger charge is 2.07. The Hall–Kier alpha value is -1.42. The van der Waals surface area contributed by atoms with E-state index >= 15 is 0 Å². The van der Waals surface area contributed by atoms with E-state index in [4.69, 9.17) is 0 Å². The molecule has 0 fully saturated rings. The van der Waals surface area contributed by atoms with Crippen LogP contribution < -0.4 is 0 Å². The number of aromatic hydroxyl groups is 1. The van der Waals surface area contributed by atoms with E-state index in [9.17, 15) is 5.11 Å². The summed E-state index contributed by atoms with van der Waals surface area (Å²) < 4.78 is 0. The molecule has 1 aromatic rings. The number of para-hydroxylation sites is 1. The first-order valence-electron chi connectivity index (χ1n) is 4.99. The molecule has 0 aliphatic carbocycles. The van der Waals surface area contributed by atoms with Gasteiger partial charge >= 0.3 is 0 Å². The van der Waals surface area contributed by atoms with E-state index in [0.717, 1.165) is 18.4 Å². The molecular weight excluding hydrogens is 172 g/mol. The minimum absolute atomic E-state index is 0.301. The third-order valence-corrected chi connectivity index (χ3v) is 2.18. The lowest BCUT2D eigenvalue weighted by Gasteiger charge is -2.09. The minimum Gasteiger partial charge on any atom is -0.508 e. The van der Waals surface area contributed by atoms with Gasteiger partial charge in [-0.05, 0) is 17.5 Å². The van der Waals surface area contributed by atoms with Crippen LogP contribution in [0, 0.1) is 11.8 Å². The van der Waals surface area contributed by atoms with Crippen molar-refractivity contribution in [2.24, 2.45) is 0 Å². The Morgan fingerprint density at radius 1 is 1.29 bits per heavy atom. The van der Waals surface area contributed by atoms with Gasteiger partial charge in [0.25, 0.3) is 0 Å². The maximum absolute atomic E-state index is 9.59. The molecule has 0 saturated carbocycles. The molecule has 0 bridgehead atoms. The Bertz CT molecular complexity index is 344. The number of hydrogen-bond acceptors (Lipinski definition) is 1. The monoisotopic (exact) mass is 188 g/mol. The predicted molar refractivity (Wildman–Crippen MR) is 59.2 cm³/mol. The summed E-state index contributed by atoms with van der Waals surface area (Å²) in [6, 6.07) is 7.45. The second-order valence-electron chi connectivity index (χ2n) is 3.37. The van der Waals surface area contributed by atoms with E-state index in [-0.39, 0.29) is 0 Å². The van der Waals surface area contributed by atoms with Crippen LogP contribution in [0.2, 0.25) is 0 Å². The lowest BCUT2D eigenvalue weighted by molar-refractivity contribution is 0.463. The summed E-state index contributed by atoms with van der Waals surface area (Å²) in [4.78, 5) is 0. The molecule has 0 aliphatic rings. The van der Waals surface area contributed by atoms with Gasteiger partial charge < -0.3 is 5.11 Å². The third-order valence-electron chi connectivity index (χ3n) is 2.18. The molecule has 0 aliphatic heterocycles. The molecule has 1 rings (SSSR count). The van der Waals surface area contributed by atoms with E-state index in [1.807, 2.05) is 25.1 Å².